The molecule has 0 aromatic heterocycles. The van der Waals surface area contributed by atoms with Crippen LogP contribution in [0.2, 0.25) is 0 Å². The highest BCUT2D eigenvalue weighted by molar-refractivity contribution is 5.93. The minimum atomic E-state index is -0.531. The first-order valence-electron chi connectivity index (χ1n) is 7.60. The zero-order chi connectivity index (χ0) is 15.4. The second-order valence-corrected chi connectivity index (χ2v) is 7.55. The van der Waals surface area contributed by atoms with E-state index in [0.717, 1.165) is 0 Å². The lowest BCUT2D eigenvalue weighted by Crippen LogP contribution is -2.46. The SMILES string of the molecule is CC12CCC(C1)C(C)(C)C2Nc1cc(C(N)=O)ccc1F. The predicted molar refractivity (Wildman–Crippen MR) is 81.6 cm³/mol. The van der Waals surface area contributed by atoms with Gasteiger partial charge >= 0.3 is 0 Å². The molecule has 0 heterocycles. The van der Waals surface area contributed by atoms with Crippen LogP contribution >= 0.6 is 0 Å². The van der Waals surface area contributed by atoms with E-state index < -0.39 is 5.91 Å². The molecule has 3 rings (SSSR count). The van der Waals surface area contributed by atoms with Crippen LogP contribution in [-0.2, 0) is 0 Å². The van der Waals surface area contributed by atoms with Gasteiger partial charge in [0.15, 0.2) is 0 Å². The minimum absolute atomic E-state index is 0.127. The maximum absolute atomic E-state index is 14.1. The molecule has 114 valence electrons. The summed E-state index contributed by atoms with van der Waals surface area (Å²) < 4.78 is 14.1. The molecule has 1 aromatic rings. The number of carbonyl (C=O) groups excluding carboxylic acids is 1. The number of rotatable bonds is 3. The van der Waals surface area contributed by atoms with Gasteiger partial charge in [0.2, 0.25) is 5.91 Å². The number of halogens is 1. The summed E-state index contributed by atoms with van der Waals surface area (Å²) in [5.41, 5.74) is 6.34. The molecule has 3 nitrogen and oxygen atoms in total. The quantitative estimate of drug-likeness (QED) is 0.894. The van der Waals surface area contributed by atoms with Crippen LogP contribution in [0.15, 0.2) is 18.2 Å². The van der Waals surface area contributed by atoms with Gasteiger partial charge in [0.25, 0.3) is 0 Å². The molecule has 3 atom stereocenters. The average molecular weight is 290 g/mol. The molecule has 1 amide bonds. The molecule has 2 saturated carbocycles. The molecule has 1 aromatic carbocycles. The smallest absolute Gasteiger partial charge is 0.248 e. The number of benzene rings is 1. The van der Waals surface area contributed by atoms with Crippen molar-refractivity contribution < 1.29 is 9.18 Å². The van der Waals surface area contributed by atoms with Crippen LogP contribution in [0.4, 0.5) is 10.1 Å². The Morgan fingerprint density at radius 2 is 2.10 bits per heavy atom. The Balaban J connectivity index is 1.93. The Morgan fingerprint density at radius 1 is 1.38 bits per heavy atom. The number of carbonyl (C=O) groups is 1. The lowest BCUT2D eigenvalue weighted by molar-refractivity contribution is 0.100. The second-order valence-electron chi connectivity index (χ2n) is 7.55. The number of hydrogen-bond acceptors (Lipinski definition) is 2. The number of primary amides is 1. The Labute approximate surface area is 125 Å². The highest BCUT2D eigenvalue weighted by atomic mass is 19.1. The van der Waals surface area contributed by atoms with E-state index in [1.54, 1.807) is 0 Å². The molecule has 2 fully saturated rings. The zero-order valence-electron chi connectivity index (χ0n) is 12.9. The van der Waals surface area contributed by atoms with E-state index in [-0.39, 0.29) is 22.7 Å². The van der Waals surface area contributed by atoms with E-state index in [1.807, 2.05) is 0 Å². The first-order valence-corrected chi connectivity index (χ1v) is 7.60. The van der Waals surface area contributed by atoms with Gasteiger partial charge in [0.05, 0.1) is 5.69 Å². The highest BCUT2D eigenvalue weighted by Crippen LogP contribution is 2.63. The topological polar surface area (TPSA) is 55.1 Å². The number of hydrogen-bond donors (Lipinski definition) is 2. The van der Waals surface area contributed by atoms with Gasteiger partial charge in [-0.1, -0.05) is 20.8 Å². The van der Waals surface area contributed by atoms with Crippen molar-refractivity contribution in [3.05, 3.63) is 29.6 Å². The van der Waals surface area contributed by atoms with Gasteiger partial charge in [-0.15, -0.1) is 0 Å². The summed E-state index contributed by atoms with van der Waals surface area (Å²) in [4.78, 5) is 11.3. The van der Waals surface area contributed by atoms with Gasteiger partial charge in [-0.2, -0.15) is 0 Å². The molecule has 2 bridgehead atoms. The standard InChI is InChI=1S/C17H23FN2O/c1-16(2)11-6-7-17(3,9-11)15(16)20-13-8-10(14(19)21)4-5-12(13)18/h4-5,8,11,15,20H,6-7,9H2,1-3H3,(H2,19,21). The molecular formula is C17H23FN2O. The van der Waals surface area contributed by atoms with E-state index in [1.165, 1.54) is 37.5 Å². The summed E-state index contributed by atoms with van der Waals surface area (Å²) in [7, 11) is 0. The van der Waals surface area contributed by atoms with Crippen LogP contribution in [0, 0.1) is 22.6 Å². The fourth-order valence-corrected chi connectivity index (χ4v) is 4.61. The number of amides is 1. The number of nitrogens with two attached hydrogens (primary N) is 1. The van der Waals surface area contributed by atoms with E-state index in [9.17, 15) is 9.18 Å². The maximum Gasteiger partial charge on any atom is 0.248 e. The molecule has 0 radical (unpaired) electrons. The van der Waals surface area contributed by atoms with Gasteiger partial charge in [-0.3, -0.25) is 4.79 Å². The summed E-state index contributed by atoms with van der Waals surface area (Å²) in [5.74, 6) is -0.180. The van der Waals surface area contributed by atoms with Crippen LogP contribution in [0.5, 0.6) is 0 Å². The summed E-state index contributed by atoms with van der Waals surface area (Å²) in [6.07, 6.45) is 3.62. The lowest BCUT2D eigenvalue weighted by Gasteiger charge is -2.43. The average Bonchev–Trinajstić information content (AvgIpc) is 2.87. The summed E-state index contributed by atoms with van der Waals surface area (Å²) >= 11 is 0. The van der Waals surface area contributed by atoms with E-state index in [0.29, 0.717) is 17.2 Å². The minimum Gasteiger partial charge on any atom is -0.379 e. The third-order valence-corrected chi connectivity index (χ3v) is 5.82. The third-order valence-electron chi connectivity index (χ3n) is 5.82. The van der Waals surface area contributed by atoms with Crippen LogP contribution in [0.1, 0.15) is 50.4 Å². The van der Waals surface area contributed by atoms with E-state index >= 15 is 0 Å². The molecule has 3 N–H and O–H groups in total. The molecule has 2 aliphatic carbocycles. The fraction of sp³-hybridized carbons (Fsp3) is 0.588. The van der Waals surface area contributed by atoms with Crippen LogP contribution in [0.25, 0.3) is 0 Å². The van der Waals surface area contributed by atoms with Crippen molar-refractivity contribution in [3.8, 4) is 0 Å². The normalized spacial score (nSPS) is 33.1. The van der Waals surface area contributed by atoms with E-state index in [2.05, 4.69) is 26.1 Å². The van der Waals surface area contributed by atoms with Crippen molar-refractivity contribution in [1.82, 2.24) is 0 Å². The van der Waals surface area contributed by atoms with Crippen molar-refractivity contribution in [2.75, 3.05) is 5.32 Å². The van der Waals surface area contributed by atoms with E-state index in [4.69, 9.17) is 5.73 Å². The molecular weight excluding hydrogens is 267 g/mol. The monoisotopic (exact) mass is 290 g/mol. The van der Waals surface area contributed by atoms with Gasteiger partial charge in [-0.05, 0) is 54.2 Å². The number of fused-ring (bicyclic) bond motifs is 2. The Kier molecular flexibility index (Phi) is 3.05. The molecule has 0 spiro atoms. The van der Waals surface area contributed by atoms with Gasteiger partial charge in [0.1, 0.15) is 5.82 Å². The summed E-state index contributed by atoms with van der Waals surface area (Å²) in [5, 5.41) is 3.38. The lowest BCUT2D eigenvalue weighted by atomic mass is 9.68. The van der Waals surface area contributed by atoms with Crippen molar-refractivity contribution in [3.63, 3.8) is 0 Å². The molecule has 21 heavy (non-hydrogen) atoms. The third kappa shape index (κ3) is 2.12. The Hall–Kier alpha value is -1.58. The Morgan fingerprint density at radius 3 is 2.67 bits per heavy atom. The number of anilines is 1. The van der Waals surface area contributed by atoms with Crippen molar-refractivity contribution in [2.45, 2.75) is 46.1 Å². The molecule has 0 saturated heterocycles. The number of nitrogens with one attached hydrogen (secondary N) is 1. The van der Waals surface area contributed by atoms with Crippen molar-refractivity contribution in [2.24, 2.45) is 22.5 Å². The van der Waals surface area contributed by atoms with Gasteiger partial charge < -0.3 is 11.1 Å². The molecule has 3 unspecified atom stereocenters. The van der Waals surface area contributed by atoms with Crippen molar-refractivity contribution in [1.29, 1.82) is 0 Å². The molecule has 4 heteroatoms. The Bertz CT molecular complexity index is 594. The maximum atomic E-state index is 14.1. The fourth-order valence-electron chi connectivity index (χ4n) is 4.61. The zero-order valence-corrected chi connectivity index (χ0v) is 12.9. The van der Waals surface area contributed by atoms with Crippen LogP contribution in [0.3, 0.4) is 0 Å². The predicted octanol–water partition coefficient (Wildman–Crippen LogP) is 3.55. The van der Waals surface area contributed by atoms with Gasteiger partial charge in [0, 0.05) is 11.6 Å². The molecule has 2 aliphatic rings. The largest absolute Gasteiger partial charge is 0.379 e. The highest BCUT2D eigenvalue weighted by Gasteiger charge is 2.59. The van der Waals surface area contributed by atoms with Crippen LogP contribution < -0.4 is 11.1 Å². The first-order chi connectivity index (χ1) is 9.74. The molecule has 0 aliphatic heterocycles. The first kappa shape index (κ1) is 14.4. The second kappa shape index (κ2) is 4.46. The van der Waals surface area contributed by atoms with Crippen molar-refractivity contribution >= 4 is 11.6 Å². The summed E-state index contributed by atoms with van der Waals surface area (Å²) in [6.45, 7) is 6.81. The van der Waals surface area contributed by atoms with Crippen LogP contribution in [-0.4, -0.2) is 11.9 Å². The van der Waals surface area contributed by atoms with Gasteiger partial charge in [-0.25, -0.2) is 4.39 Å². The summed E-state index contributed by atoms with van der Waals surface area (Å²) in [6, 6.07) is 4.48.